The van der Waals surface area contributed by atoms with Gasteiger partial charge in [0.2, 0.25) is 5.91 Å². The van der Waals surface area contributed by atoms with Crippen molar-refractivity contribution < 1.29 is 9.53 Å². The molecule has 29 heavy (non-hydrogen) atoms. The molecular weight excluding hydrogens is 384 g/mol. The summed E-state index contributed by atoms with van der Waals surface area (Å²) in [6, 6.07) is 7.72. The molecule has 4 bridgehead atoms. The molecule has 0 atom stereocenters. The van der Waals surface area contributed by atoms with Crippen LogP contribution in [0.1, 0.15) is 38.5 Å². The van der Waals surface area contributed by atoms with Crippen LogP contribution < -0.4 is 10.1 Å². The second-order valence-corrected chi connectivity index (χ2v) is 10.1. The normalized spacial score (nSPS) is 29.8. The highest BCUT2D eigenvalue weighted by molar-refractivity contribution is 7.99. The molecule has 1 aromatic heterocycles. The number of methoxy groups -OCH3 is 1. The van der Waals surface area contributed by atoms with Crippen LogP contribution in [0, 0.1) is 23.2 Å². The van der Waals surface area contributed by atoms with E-state index in [4.69, 9.17) is 4.74 Å². The first-order valence-corrected chi connectivity index (χ1v) is 11.5. The number of carbonyl (C=O) groups is 1. The van der Waals surface area contributed by atoms with E-state index in [0.29, 0.717) is 11.2 Å². The van der Waals surface area contributed by atoms with E-state index in [0.717, 1.165) is 40.9 Å². The van der Waals surface area contributed by atoms with Gasteiger partial charge < -0.3 is 10.1 Å². The van der Waals surface area contributed by atoms with Crippen molar-refractivity contribution in [3.63, 3.8) is 0 Å². The number of aromatic nitrogens is 3. The van der Waals surface area contributed by atoms with Crippen LogP contribution in [-0.4, -0.2) is 40.1 Å². The van der Waals surface area contributed by atoms with Crippen molar-refractivity contribution in [2.75, 3.05) is 19.4 Å². The minimum atomic E-state index is 0.0926. The Bertz CT molecular complexity index is 844. The summed E-state index contributed by atoms with van der Waals surface area (Å²) < 4.78 is 7.11. The Morgan fingerprint density at radius 3 is 2.45 bits per heavy atom. The molecule has 0 radical (unpaired) electrons. The summed E-state index contributed by atoms with van der Waals surface area (Å²) in [5.41, 5.74) is 1.32. The molecule has 7 heteroatoms. The van der Waals surface area contributed by atoms with Gasteiger partial charge >= 0.3 is 0 Å². The lowest BCUT2D eigenvalue weighted by molar-refractivity contribution is -0.120. The number of hydrogen-bond donors (Lipinski definition) is 1. The van der Waals surface area contributed by atoms with E-state index in [-0.39, 0.29) is 5.91 Å². The zero-order valence-electron chi connectivity index (χ0n) is 16.8. The van der Waals surface area contributed by atoms with Crippen molar-refractivity contribution in [3.05, 3.63) is 30.6 Å². The lowest BCUT2D eigenvalue weighted by Crippen LogP contribution is -2.51. The number of benzene rings is 1. The predicted octanol–water partition coefficient (Wildman–Crippen LogP) is 3.70. The van der Waals surface area contributed by atoms with Gasteiger partial charge in [-0.3, -0.25) is 9.36 Å². The summed E-state index contributed by atoms with van der Waals surface area (Å²) in [6.45, 7) is 0.848. The quantitative estimate of drug-likeness (QED) is 0.702. The number of amides is 1. The molecule has 0 saturated heterocycles. The molecule has 0 aliphatic heterocycles. The maximum Gasteiger partial charge on any atom is 0.230 e. The van der Waals surface area contributed by atoms with Gasteiger partial charge in [0.15, 0.2) is 5.16 Å². The Kier molecular flexibility index (Phi) is 5.02. The summed E-state index contributed by atoms with van der Waals surface area (Å²) in [6.07, 6.45) is 9.93. The first-order chi connectivity index (χ1) is 14.1. The third-order valence-electron chi connectivity index (χ3n) is 7.03. The van der Waals surface area contributed by atoms with E-state index in [2.05, 4.69) is 15.5 Å². The maximum absolute atomic E-state index is 12.6. The van der Waals surface area contributed by atoms with Gasteiger partial charge in [-0.15, -0.1) is 10.2 Å². The maximum atomic E-state index is 12.6. The molecule has 6 nitrogen and oxygen atoms in total. The summed E-state index contributed by atoms with van der Waals surface area (Å²) in [4.78, 5) is 12.6. The second-order valence-electron chi connectivity index (χ2n) is 9.16. The second kappa shape index (κ2) is 7.67. The van der Waals surface area contributed by atoms with Crippen molar-refractivity contribution in [2.45, 2.75) is 43.7 Å². The Balaban J connectivity index is 1.16. The first kappa shape index (κ1) is 19.0. The Morgan fingerprint density at radius 1 is 1.17 bits per heavy atom. The zero-order chi connectivity index (χ0) is 19.8. The molecule has 1 N–H and O–H groups in total. The molecule has 0 unspecified atom stereocenters. The van der Waals surface area contributed by atoms with Crippen LogP contribution in [0.15, 0.2) is 35.7 Å². The average Bonchev–Trinajstić information content (AvgIpc) is 3.18. The van der Waals surface area contributed by atoms with Gasteiger partial charge in [0.1, 0.15) is 12.1 Å². The highest BCUT2D eigenvalue weighted by atomic mass is 32.2. The highest BCUT2D eigenvalue weighted by Gasteiger charge is 2.50. The van der Waals surface area contributed by atoms with Gasteiger partial charge in [0.25, 0.3) is 0 Å². The van der Waals surface area contributed by atoms with Gasteiger partial charge in [0, 0.05) is 12.2 Å². The molecule has 0 spiro atoms. The molecular formula is C22H28N4O2S. The molecule has 154 valence electrons. The standard InChI is InChI=1S/C22H28N4O2S/c1-28-19-4-2-18(3-5-19)26-14-24-25-21(26)29-12-20(27)23-13-22-9-15-6-16(10-22)8-17(7-15)11-22/h2-5,14-17H,6-13H2,1H3,(H,23,27). The van der Waals surface area contributed by atoms with Crippen molar-refractivity contribution in [2.24, 2.45) is 23.2 Å². The number of rotatable bonds is 7. The Labute approximate surface area is 175 Å². The molecule has 4 fully saturated rings. The third kappa shape index (κ3) is 3.89. The number of hydrogen-bond acceptors (Lipinski definition) is 5. The number of nitrogens with one attached hydrogen (secondary N) is 1. The predicted molar refractivity (Wildman–Crippen MR) is 112 cm³/mol. The van der Waals surface area contributed by atoms with Crippen LogP contribution in [0.2, 0.25) is 0 Å². The molecule has 1 heterocycles. The fraction of sp³-hybridized carbons (Fsp3) is 0.591. The number of carbonyl (C=O) groups excluding carboxylic acids is 1. The van der Waals surface area contributed by atoms with Crippen LogP contribution in [0.4, 0.5) is 0 Å². The fourth-order valence-electron chi connectivity index (χ4n) is 6.22. The van der Waals surface area contributed by atoms with Gasteiger partial charge in [0.05, 0.1) is 12.9 Å². The van der Waals surface area contributed by atoms with E-state index < -0.39 is 0 Å². The van der Waals surface area contributed by atoms with Crippen LogP contribution in [0.25, 0.3) is 5.69 Å². The topological polar surface area (TPSA) is 69.0 Å². The van der Waals surface area contributed by atoms with Crippen LogP contribution in [0.5, 0.6) is 5.75 Å². The molecule has 1 aromatic carbocycles. The van der Waals surface area contributed by atoms with Gasteiger partial charge in [-0.2, -0.15) is 0 Å². The van der Waals surface area contributed by atoms with Crippen molar-refractivity contribution in [3.8, 4) is 11.4 Å². The van der Waals surface area contributed by atoms with E-state index in [1.165, 1.54) is 50.3 Å². The fourth-order valence-corrected chi connectivity index (χ4v) is 6.98. The lowest BCUT2D eigenvalue weighted by atomic mass is 9.49. The smallest absolute Gasteiger partial charge is 0.230 e. The Morgan fingerprint density at radius 2 is 1.83 bits per heavy atom. The van der Waals surface area contributed by atoms with E-state index in [1.807, 2.05) is 28.8 Å². The van der Waals surface area contributed by atoms with E-state index in [9.17, 15) is 4.79 Å². The molecule has 2 aromatic rings. The summed E-state index contributed by atoms with van der Waals surface area (Å²) in [7, 11) is 1.65. The van der Waals surface area contributed by atoms with Crippen LogP contribution in [0.3, 0.4) is 0 Å². The van der Waals surface area contributed by atoms with Gasteiger partial charge in [-0.1, -0.05) is 11.8 Å². The zero-order valence-corrected chi connectivity index (χ0v) is 17.7. The Hall–Kier alpha value is -2.02. The van der Waals surface area contributed by atoms with Crippen molar-refractivity contribution >= 4 is 17.7 Å². The molecule has 1 amide bonds. The first-order valence-electron chi connectivity index (χ1n) is 10.6. The molecule has 4 saturated carbocycles. The van der Waals surface area contributed by atoms with Crippen LogP contribution in [-0.2, 0) is 4.79 Å². The molecule has 6 rings (SSSR count). The van der Waals surface area contributed by atoms with Crippen molar-refractivity contribution in [1.29, 1.82) is 0 Å². The number of ether oxygens (including phenoxy) is 1. The van der Waals surface area contributed by atoms with Crippen molar-refractivity contribution in [1.82, 2.24) is 20.1 Å². The lowest BCUT2D eigenvalue weighted by Gasteiger charge is -2.56. The number of thioether (sulfide) groups is 1. The average molecular weight is 413 g/mol. The summed E-state index contributed by atoms with van der Waals surface area (Å²) in [5.74, 6) is 4.00. The minimum absolute atomic E-state index is 0.0926. The molecule has 4 aliphatic rings. The minimum Gasteiger partial charge on any atom is -0.497 e. The SMILES string of the molecule is COc1ccc(-n2cnnc2SCC(=O)NCC23CC4CC(CC(C4)C2)C3)cc1. The van der Waals surface area contributed by atoms with E-state index in [1.54, 1.807) is 13.4 Å². The molecule has 4 aliphatic carbocycles. The largest absolute Gasteiger partial charge is 0.497 e. The highest BCUT2D eigenvalue weighted by Crippen LogP contribution is 2.59. The number of nitrogens with zero attached hydrogens (tertiary/aromatic N) is 3. The van der Waals surface area contributed by atoms with Gasteiger partial charge in [-0.05, 0) is 86.0 Å². The summed E-state index contributed by atoms with van der Waals surface area (Å²) in [5, 5.41) is 12.2. The van der Waals surface area contributed by atoms with Crippen LogP contribution >= 0.6 is 11.8 Å². The van der Waals surface area contributed by atoms with E-state index >= 15 is 0 Å². The monoisotopic (exact) mass is 412 g/mol. The van der Waals surface area contributed by atoms with Gasteiger partial charge in [-0.25, -0.2) is 0 Å². The summed E-state index contributed by atoms with van der Waals surface area (Å²) >= 11 is 1.43. The third-order valence-corrected chi connectivity index (χ3v) is 7.97.